The van der Waals surface area contributed by atoms with Gasteiger partial charge in [-0.1, -0.05) is 24.3 Å². The molecule has 0 spiro atoms. The van der Waals surface area contributed by atoms with Gasteiger partial charge < -0.3 is 10.6 Å². The van der Waals surface area contributed by atoms with Gasteiger partial charge in [0.1, 0.15) is 5.82 Å². The highest BCUT2D eigenvalue weighted by Crippen LogP contribution is 2.22. The first-order valence-corrected chi connectivity index (χ1v) is 10.6. The number of amides is 2. The topological polar surface area (TPSA) is 61.4 Å². The summed E-state index contributed by atoms with van der Waals surface area (Å²) in [5.74, 6) is -0.0675. The van der Waals surface area contributed by atoms with Crippen LogP contribution < -0.4 is 10.6 Å². The van der Waals surface area contributed by atoms with E-state index < -0.39 is 0 Å². The average molecular weight is 462 g/mol. The van der Waals surface area contributed by atoms with E-state index in [2.05, 4.69) is 31.5 Å². The van der Waals surface area contributed by atoms with Gasteiger partial charge in [-0.05, 0) is 84.0 Å². The maximum absolute atomic E-state index is 13.0. The van der Waals surface area contributed by atoms with Gasteiger partial charge in [-0.2, -0.15) is 0 Å². The van der Waals surface area contributed by atoms with Crippen LogP contribution in [0.25, 0.3) is 0 Å². The third kappa shape index (κ3) is 6.94. The molecule has 1 aliphatic rings. The van der Waals surface area contributed by atoms with Gasteiger partial charge in [-0.15, -0.1) is 0 Å². The largest absolute Gasteiger partial charge is 0.346 e. The lowest BCUT2D eigenvalue weighted by Gasteiger charge is -2.31. The molecule has 7 heteroatoms. The number of nitrogens with zero attached hydrogens (tertiary/aromatic N) is 1. The fourth-order valence-corrected chi connectivity index (χ4v) is 3.88. The van der Waals surface area contributed by atoms with Gasteiger partial charge in [0.05, 0.1) is 18.8 Å². The fourth-order valence-electron chi connectivity index (χ4n) is 3.50. The van der Waals surface area contributed by atoms with Gasteiger partial charge in [-0.3, -0.25) is 14.5 Å². The standard InChI is InChI=1S/C22H25BrFN3O2/c23-19-3-1-2-4-20(19)26-21(28)14-25-22(29)15-27-11-9-17(10-12-27)13-16-5-7-18(24)8-6-16/h1-8,17H,9-15H2,(H,25,29)(H,26,28). The normalized spacial score (nSPS) is 15.1. The maximum atomic E-state index is 13.0. The molecule has 1 fully saturated rings. The van der Waals surface area contributed by atoms with E-state index in [0.717, 1.165) is 42.4 Å². The van der Waals surface area contributed by atoms with E-state index in [-0.39, 0.29) is 24.2 Å². The molecule has 0 radical (unpaired) electrons. The lowest BCUT2D eigenvalue weighted by atomic mass is 9.90. The van der Waals surface area contributed by atoms with Gasteiger partial charge in [0.25, 0.3) is 0 Å². The minimum Gasteiger partial charge on any atom is -0.346 e. The van der Waals surface area contributed by atoms with Gasteiger partial charge >= 0.3 is 0 Å². The van der Waals surface area contributed by atoms with Crippen molar-refractivity contribution in [1.29, 1.82) is 0 Å². The second-order valence-corrected chi connectivity index (χ2v) is 8.21. The van der Waals surface area contributed by atoms with Crippen LogP contribution in [0.4, 0.5) is 10.1 Å². The second-order valence-electron chi connectivity index (χ2n) is 7.35. The second kappa shape index (κ2) is 10.5. The zero-order chi connectivity index (χ0) is 20.6. The third-order valence-corrected chi connectivity index (χ3v) is 5.80. The molecule has 2 aromatic carbocycles. The highest BCUT2D eigenvalue weighted by molar-refractivity contribution is 9.10. The minimum absolute atomic E-state index is 0.0544. The van der Waals surface area contributed by atoms with Crippen LogP contribution in [0.1, 0.15) is 18.4 Å². The summed E-state index contributed by atoms with van der Waals surface area (Å²) >= 11 is 3.37. The molecule has 154 valence electrons. The van der Waals surface area contributed by atoms with Crippen LogP contribution >= 0.6 is 15.9 Å². The van der Waals surface area contributed by atoms with Crippen LogP contribution in [-0.2, 0) is 16.0 Å². The predicted octanol–water partition coefficient (Wildman–Crippen LogP) is 3.60. The van der Waals surface area contributed by atoms with Crippen molar-refractivity contribution < 1.29 is 14.0 Å². The number of carbonyl (C=O) groups is 2. The molecular weight excluding hydrogens is 437 g/mol. The van der Waals surface area contributed by atoms with Gasteiger partial charge in [0, 0.05) is 4.47 Å². The number of carbonyl (C=O) groups excluding carboxylic acids is 2. The Morgan fingerprint density at radius 3 is 2.41 bits per heavy atom. The Hall–Kier alpha value is -2.25. The Labute approximate surface area is 178 Å². The molecule has 0 bridgehead atoms. The molecule has 0 saturated carbocycles. The smallest absolute Gasteiger partial charge is 0.243 e. The molecule has 1 heterocycles. The van der Waals surface area contributed by atoms with Gasteiger partial charge in [-0.25, -0.2) is 4.39 Å². The first kappa shape index (κ1) is 21.5. The van der Waals surface area contributed by atoms with Crippen molar-refractivity contribution in [2.45, 2.75) is 19.3 Å². The lowest BCUT2D eigenvalue weighted by Crippen LogP contribution is -2.43. The summed E-state index contributed by atoms with van der Waals surface area (Å²) in [5, 5.41) is 5.45. The van der Waals surface area contributed by atoms with Crippen molar-refractivity contribution >= 4 is 33.4 Å². The summed E-state index contributed by atoms with van der Waals surface area (Å²) in [6.45, 7) is 1.94. The molecule has 3 rings (SSSR count). The number of hydrogen-bond acceptors (Lipinski definition) is 3. The van der Waals surface area contributed by atoms with E-state index in [1.807, 2.05) is 30.3 Å². The average Bonchev–Trinajstić information content (AvgIpc) is 2.71. The number of piperidine rings is 1. The summed E-state index contributed by atoms with van der Waals surface area (Å²) < 4.78 is 13.8. The molecule has 5 nitrogen and oxygen atoms in total. The van der Waals surface area contributed by atoms with E-state index >= 15 is 0 Å². The zero-order valence-corrected chi connectivity index (χ0v) is 17.8. The van der Waals surface area contributed by atoms with Crippen LogP contribution in [0.3, 0.4) is 0 Å². The van der Waals surface area contributed by atoms with E-state index in [1.165, 1.54) is 12.1 Å². The highest BCUT2D eigenvalue weighted by atomic mass is 79.9. The Morgan fingerprint density at radius 1 is 1.03 bits per heavy atom. The van der Waals surface area contributed by atoms with Crippen molar-refractivity contribution in [1.82, 2.24) is 10.2 Å². The summed E-state index contributed by atoms with van der Waals surface area (Å²) in [6.07, 6.45) is 2.95. The molecule has 29 heavy (non-hydrogen) atoms. The van der Waals surface area contributed by atoms with Crippen LogP contribution in [-0.4, -0.2) is 42.9 Å². The summed E-state index contributed by atoms with van der Waals surface area (Å²) in [7, 11) is 0. The number of benzene rings is 2. The van der Waals surface area contributed by atoms with E-state index in [9.17, 15) is 14.0 Å². The quantitative estimate of drug-likeness (QED) is 0.661. The van der Waals surface area contributed by atoms with Crippen LogP contribution in [0, 0.1) is 11.7 Å². The molecule has 0 atom stereocenters. The summed E-state index contributed by atoms with van der Waals surface area (Å²) in [6, 6.07) is 14.0. The number of rotatable bonds is 7. The Balaban J connectivity index is 1.34. The Bertz CT molecular complexity index is 836. The van der Waals surface area contributed by atoms with Crippen LogP contribution in [0.2, 0.25) is 0 Å². The summed E-state index contributed by atoms with van der Waals surface area (Å²) in [5.41, 5.74) is 1.83. The first-order valence-electron chi connectivity index (χ1n) is 9.77. The summed E-state index contributed by atoms with van der Waals surface area (Å²) in [4.78, 5) is 26.3. The van der Waals surface area contributed by atoms with Gasteiger partial charge in [0.15, 0.2) is 0 Å². The zero-order valence-electron chi connectivity index (χ0n) is 16.2. The number of anilines is 1. The fraction of sp³-hybridized carbons (Fsp3) is 0.364. The SMILES string of the molecule is O=C(CN1CCC(Cc2ccc(F)cc2)CC1)NCC(=O)Nc1ccccc1Br. The van der Waals surface area contributed by atoms with E-state index in [0.29, 0.717) is 18.2 Å². The Morgan fingerprint density at radius 2 is 1.72 bits per heavy atom. The monoisotopic (exact) mass is 461 g/mol. The first-order chi connectivity index (χ1) is 14.0. The molecule has 0 aliphatic carbocycles. The van der Waals surface area contributed by atoms with Crippen molar-refractivity contribution in [3.05, 3.63) is 64.4 Å². The number of hydrogen-bond donors (Lipinski definition) is 2. The van der Waals surface area contributed by atoms with Crippen molar-refractivity contribution in [3.63, 3.8) is 0 Å². The van der Waals surface area contributed by atoms with E-state index in [4.69, 9.17) is 0 Å². The van der Waals surface area contributed by atoms with Crippen molar-refractivity contribution in [3.8, 4) is 0 Å². The molecule has 1 aliphatic heterocycles. The van der Waals surface area contributed by atoms with Crippen LogP contribution in [0.15, 0.2) is 53.0 Å². The van der Waals surface area contributed by atoms with E-state index in [1.54, 1.807) is 6.07 Å². The van der Waals surface area contributed by atoms with Crippen molar-refractivity contribution in [2.24, 2.45) is 5.92 Å². The number of likely N-dealkylation sites (tertiary alicyclic amines) is 1. The molecule has 0 aromatic heterocycles. The molecule has 0 unspecified atom stereocenters. The Kier molecular flexibility index (Phi) is 7.77. The number of halogens is 2. The molecule has 1 saturated heterocycles. The lowest BCUT2D eigenvalue weighted by molar-refractivity contribution is -0.125. The number of para-hydroxylation sites is 1. The molecule has 2 aromatic rings. The maximum Gasteiger partial charge on any atom is 0.243 e. The number of nitrogens with one attached hydrogen (secondary N) is 2. The third-order valence-electron chi connectivity index (χ3n) is 5.11. The molecule has 2 amide bonds. The van der Waals surface area contributed by atoms with Gasteiger partial charge in [0.2, 0.25) is 11.8 Å². The molecular formula is C22H25BrFN3O2. The van der Waals surface area contributed by atoms with Crippen LogP contribution in [0.5, 0.6) is 0 Å². The highest BCUT2D eigenvalue weighted by Gasteiger charge is 2.21. The van der Waals surface area contributed by atoms with Crippen molar-refractivity contribution in [2.75, 3.05) is 31.5 Å². The minimum atomic E-state index is -0.261. The molecule has 2 N–H and O–H groups in total. The predicted molar refractivity (Wildman–Crippen MR) is 115 cm³/mol.